The van der Waals surface area contributed by atoms with Crippen molar-refractivity contribution in [2.75, 3.05) is 19.8 Å². The van der Waals surface area contributed by atoms with Crippen molar-refractivity contribution in [3.05, 3.63) is 70.8 Å². The van der Waals surface area contributed by atoms with Gasteiger partial charge in [-0.2, -0.15) is 0 Å². The predicted octanol–water partition coefficient (Wildman–Crippen LogP) is 19.7. The second-order valence-corrected chi connectivity index (χ2v) is 19.4. The van der Waals surface area contributed by atoms with Crippen molar-refractivity contribution in [3.63, 3.8) is 0 Å². The Morgan fingerprint density at radius 1 is 0.393 bits per heavy atom. The van der Waals surface area contributed by atoms with Gasteiger partial charge in [-0.1, -0.05) is 226 Å². The fourth-order valence-corrected chi connectivity index (χ4v) is 8.53. The quantitative estimate of drug-likeness (QED) is 0.0372. The van der Waals surface area contributed by atoms with Crippen molar-refractivity contribution in [1.29, 1.82) is 0 Å². The number of ether oxygens (including phenoxy) is 3. The van der Waals surface area contributed by atoms with Gasteiger partial charge >= 0.3 is 0 Å². The fraction of sp³-hybridized carbons (Fsp3) is 0.793. The lowest BCUT2D eigenvalue weighted by Crippen LogP contribution is -2.46. The molecule has 0 saturated carbocycles. The molecule has 0 fully saturated rings. The molecule has 3 heteroatoms. The molecule has 0 radical (unpaired) electrons. The van der Waals surface area contributed by atoms with Gasteiger partial charge in [-0.15, -0.1) is 0 Å². The third kappa shape index (κ3) is 35.4. The molecule has 0 amide bonds. The molecule has 1 atom stereocenters. The van der Waals surface area contributed by atoms with Crippen molar-refractivity contribution >= 4 is 0 Å². The minimum Gasteiger partial charge on any atom is -0.327 e. The Hall–Kier alpha value is -1.68. The van der Waals surface area contributed by atoms with E-state index in [1.54, 1.807) is 0 Å². The van der Waals surface area contributed by atoms with Crippen molar-refractivity contribution in [2.45, 2.75) is 279 Å². The largest absolute Gasteiger partial charge is 0.327 e. The van der Waals surface area contributed by atoms with Gasteiger partial charge in [-0.25, -0.2) is 0 Å². The SMILES string of the molecule is CCCCCCCCC(c1ccccc1)C(OCCCCCCCCCCC=C(C)C)(OCCCCCCCCCCC=C(C)C)OCCCCCCCCCCC=C(C)C. The molecule has 1 aromatic rings. The summed E-state index contributed by atoms with van der Waals surface area (Å²) in [5, 5.41) is 0. The zero-order chi connectivity index (χ0) is 44.3. The van der Waals surface area contributed by atoms with Gasteiger partial charge in [0, 0.05) is 0 Å². The van der Waals surface area contributed by atoms with Crippen molar-refractivity contribution in [3.8, 4) is 0 Å². The van der Waals surface area contributed by atoms with Gasteiger partial charge in [0.25, 0.3) is 5.97 Å². The average molecular weight is 849 g/mol. The van der Waals surface area contributed by atoms with Crippen LogP contribution in [0, 0.1) is 0 Å². The lowest BCUT2D eigenvalue weighted by molar-refractivity contribution is -0.393. The summed E-state index contributed by atoms with van der Waals surface area (Å²) in [5.41, 5.74) is 5.65. The van der Waals surface area contributed by atoms with Gasteiger partial charge in [0.05, 0.1) is 25.7 Å². The van der Waals surface area contributed by atoms with Gasteiger partial charge in [-0.05, 0) is 111 Å². The molecule has 0 aliphatic rings. The van der Waals surface area contributed by atoms with Crippen LogP contribution < -0.4 is 0 Å². The number of hydrogen-bond acceptors (Lipinski definition) is 3. The molecule has 0 N–H and O–H groups in total. The van der Waals surface area contributed by atoms with E-state index < -0.39 is 5.97 Å². The molecule has 0 saturated heterocycles. The van der Waals surface area contributed by atoms with E-state index in [9.17, 15) is 0 Å². The predicted molar refractivity (Wildman–Crippen MR) is 271 cm³/mol. The molecule has 61 heavy (non-hydrogen) atoms. The van der Waals surface area contributed by atoms with Crippen LogP contribution in [0.4, 0.5) is 0 Å². The smallest absolute Gasteiger partial charge is 0.290 e. The van der Waals surface area contributed by atoms with E-state index in [1.807, 2.05) is 0 Å². The second-order valence-electron chi connectivity index (χ2n) is 19.4. The Morgan fingerprint density at radius 2 is 0.689 bits per heavy atom. The van der Waals surface area contributed by atoms with E-state index in [0.29, 0.717) is 19.8 Å². The molecular weight excluding hydrogens is 745 g/mol. The Kier molecular flexibility index (Phi) is 39.7. The number of benzene rings is 1. The van der Waals surface area contributed by atoms with E-state index in [-0.39, 0.29) is 5.92 Å². The fourth-order valence-electron chi connectivity index (χ4n) is 8.53. The van der Waals surface area contributed by atoms with Crippen LogP contribution in [0.25, 0.3) is 0 Å². The highest BCUT2D eigenvalue weighted by molar-refractivity contribution is 5.21. The molecule has 0 heterocycles. The van der Waals surface area contributed by atoms with Crippen molar-refractivity contribution in [1.82, 2.24) is 0 Å². The highest BCUT2D eigenvalue weighted by atomic mass is 16.9. The monoisotopic (exact) mass is 849 g/mol. The first kappa shape index (κ1) is 57.3. The first-order valence-electron chi connectivity index (χ1n) is 26.7. The molecule has 0 aliphatic heterocycles. The van der Waals surface area contributed by atoms with Crippen molar-refractivity contribution in [2.24, 2.45) is 0 Å². The zero-order valence-electron chi connectivity index (χ0n) is 42.1. The first-order chi connectivity index (χ1) is 29.8. The third-order valence-electron chi connectivity index (χ3n) is 12.3. The molecular formula is C58H104O3. The Balaban J connectivity index is 2.95. The maximum atomic E-state index is 7.09. The highest BCUT2D eigenvalue weighted by Crippen LogP contribution is 2.39. The Labute approximate surface area is 382 Å². The van der Waals surface area contributed by atoms with Crippen LogP contribution in [-0.2, 0) is 14.2 Å². The Morgan fingerprint density at radius 3 is 1.02 bits per heavy atom. The summed E-state index contributed by atoms with van der Waals surface area (Å²) in [6, 6.07) is 11.1. The van der Waals surface area contributed by atoms with Gasteiger partial charge in [0.2, 0.25) is 0 Å². The van der Waals surface area contributed by atoms with Crippen LogP contribution in [-0.4, -0.2) is 25.8 Å². The van der Waals surface area contributed by atoms with E-state index in [0.717, 1.165) is 25.7 Å². The van der Waals surface area contributed by atoms with E-state index in [2.05, 4.69) is 97.0 Å². The van der Waals surface area contributed by atoms with E-state index in [1.165, 1.54) is 215 Å². The topological polar surface area (TPSA) is 27.7 Å². The number of hydrogen-bond donors (Lipinski definition) is 0. The molecule has 3 nitrogen and oxygen atoms in total. The van der Waals surface area contributed by atoms with Gasteiger partial charge in [-0.3, -0.25) is 0 Å². The van der Waals surface area contributed by atoms with E-state index in [4.69, 9.17) is 14.2 Å². The summed E-state index contributed by atoms with van der Waals surface area (Å²) in [6.07, 6.45) is 50.5. The Bertz CT molecular complexity index is 1060. The van der Waals surface area contributed by atoms with Crippen LogP contribution in [0.1, 0.15) is 278 Å². The summed E-state index contributed by atoms with van der Waals surface area (Å²) in [6.45, 7) is 17.7. The van der Waals surface area contributed by atoms with Crippen LogP contribution in [0.15, 0.2) is 65.3 Å². The maximum Gasteiger partial charge on any atom is 0.290 e. The first-order valence-corrected chi connectivity index (χ1v) is 26.7. The average Bonchev–Trinajstić information content (AvgIpc) is 3.24. The number of allylic oxidation sites excluding steroid dienone is 6. The van der Waals surface area contributed by atoms with Crippen LogP contribution in [0.5, 0.6) is 0 Å². The minimum atomic E-state index is -1.04. The molecule has 0 bridgehead atoms. The molecule has 0 spiro atoms. The molecule has 0 aromatic heterocycles. The van der Waals surface area contributed by atoms with Crippen LogP contribution >= 0.6 is 0 Å². The summed E-state index contributed by atoms with van der Waals surface area (Å²) in [4.78, 5) is 0. The summed E-state index contributed by atoms with van der Waals surface area (Å²) >= 11 is 0. The lowest BCUT2D eigenvalue weighted by Gasteiger charge is -2.40. The van der Waals surface area contributed by atoms with Gasteiger partial charge < -0.3 is 14.2 Å². The highest BCUT2D eigenvalue weighted by Gasteiger charge is 2.43. The zero-order valence-corrected chi connectivity index (χ0v) is 42.1. The lowest BCUT2D eigenvalue weighted by atomic mass is 9.90. The van der Waals surface area contributed by atoms with Crippen LogP contribution in [0.2, 0.25) is 0 Å². The third-order valence-corrected chi connectivity index (χ3v) is 12.3. The minimum absolute atomic E-state index is 0.0592. The van der Waals surface area contributed by atoms with Gasteiger partial charge in [0.15, 0.2) is 0 Å². The second kappa shape index (κ2) is 42.3. The van der Waals surface area contributed by atoms with Crippen LogP contribution in [0.3, 0.4) is 0 Å². The van der Waals surface area contributed by atoms with E-state index >= 15 is 0 Å². The number of unbranched alkanes of at least 4 members (excludes halogenated alkanes) is 29. The van der Waals surface area contributed by atoms with Gasteiger partial charge in [0.1, 0.15) is 0 Å². The molecule has 1 rings (SSSR count). The molecule has 1 aromatic carbocycles. The molecule has 0 aliphatic carbocycles. The summed E-state index contributed by atoms with van der Waals surface area (Å²) < 4.78 is 21.3. The standard InChI is InChI=1S/C58H104O3/c1-8-9-10-11-30-40-49-57(56-47-38-34-39-48-56)58(59-50-41-31-24-18-12-15-21-27-35-44-53(2)3,60-51-42-32-25-19-13-16-22-28-36-45-54(4)5)61-52-43-33-26-20-14-17-23-29-37-46-55(6)7/h34,38-39,44-48,57H,8-33,35-37,40-43,49-52H2,1-7H3. The summed E-state index contributed by atoms with van der Waals surface area (Å²) in [7, 11) is 0. The van der Waals surface area contributed by atoms with Crippen molar-refractivity contribution < 1.29 is 14.2 Å². The summed E-state index contributed by atoms with van der Waals surface area (Å²) in [5.74, 6) is -0.976. The molecule has 354 valence electrons. The maximum absolute atomic E-state index is 7.09. The number of rotatable bonds is 45. The molecule has 1 unspecified atom stereocenters. The normalized spacial score (nSPS) is 12.1.